The van der Waals surface area contributed by atoms with Crippen LogP contribution in [0.25, 0.3) is 0 Å². The highest BCUT2D eigenvalue weighted by atomic mass is 16.6. The first-order valence-electron chi connectivity index (χ1n) is 6.27. The lowest BCUT2D eigenvalue weighted by Gasteiger charge is -2.14. The molecule has 0 saturated heterocycles. The summed E-state index contributed by atoms with van der Waals surface area (Å²) in [6, 6.07) is 4.38. The summed E-state index contributed by atoms with van der Waals surface area (Å²) in [4.78, 5) is 34.3. The zero-order valence-electron chi connectivity index (χ0n) is 12.1. The van der Waals surface area contributed by atoms with Crippen LogP contribution in [0.2, 0.25) is 0 Å². The third kappa shape index (κ3) is 3.07. The molecule has 120 valence electrons. The highest BCUT2D eigenvalue weighted by molar-refractivity contribution is 6.07. The summed E-state index contributed by atoms with van der Waals surface area (Å²) in [6.45, 7) is 0. The van der Waals surface area contributed by atoms with Crippen molar-refractivity contribution in [2.24, 2.45) is 0 Å². The molecule has 1 aromatic carbocycles. The number of carbonyl (C=O) groups excluding carboxylic acids is 1. The number of aromatic nitrogens is 2. The van der Waals surface area contributed by atoms with Crippen LogP contribution < -0.4 is 10.2 Å². The summed E-state index contributed by atoms with van der Waals surface area (Å²) in [7, 11) is 3.24. The van der Waals surface area contributed by atoms with Crippen LogP contribution in [0.5, 0.6) is 0 Å². The number of nitro groups is 2. The molecule has 0 spiro atoms. The molecule has 11 heteroatoms. The zero-order chi connectivity index (χ0) is 17.1. The first-order chi connectivity index (χ1) is 10.8. The maximum Gasteiger partial charge on any atom is 0.319 e. The summed E-state index contributed by atoms with van der Waals surface area (Å²) >= 11 is 0. The molecule has 11 nitrogen and oxygen atoms in total. The second-order valence-corrected chi connectivity index (χ2v) is 4.66. The van der Waals surface area contributed by atoms with E-state index in [1.165, 1.54) is 23.1 Å². The standard InChI is InChI=1S/C12H12N6O5/c1-16(2)8-5-3-4-7(11(8)18(22)23)14-12(19)10-9(17(20)21)6-13-15-10/h3-6H,1-2H3,(H,13,15)(H,14,19). The number of anilines is 2. The van der Waals surface area contributed by atoms with Gasteiger partial charge in [-0.3, -0.25) is 30.1 Å². The van der Waals surface area contributed by atoms with Gasteiger partial charge in [-0.1, -0.05) is 6.07 Å². The number of benzene rings is 1. The molecule has 0 atom stereocenters. The number of amides is 1. The minimum absolute atomic E-state index is 0.0801. The normalized spacial score (nSPS) is 10.2. The Hall–Kier alpha value is -3.50. The molecule has 0 bridgehead atoms. The molecule has 2 aromatic rings. The van der Waals surface area contributed by atoms with Crippen LogP contribution in [-0.4, -0.2) is 40.0 Å². The van der Waals surface area contributed by atoms with E-state index >= 15 is 0 Å². The number of nitrogens with one attached hydrogen (secondary N) is 2. The molecule has 2 rings (SSSR count). The van der Waals surface area contributed by atoms with Crippen molar-refractivity contribution in [1.82, 2.24) is 10.2 Å². The second-order valence-electron chi connectivity index (χ2n) is 4.66. The Labute approximate surface area is 129 Å². The van der Waals surface area contributed by atoms with Crippen LogP contribution in [0, 0.1) is 20.2 Å². The molecule has 2 N–H and O–H groups in total. The third-order valence-electron chi connectivity index (χ3n) is 2.96. The quantitative estimate of drug-likeness (QED) is 0.627. The number of hydrogen-bond donors (Lipinski definition) is 2. The molecular formula is C12H12N6O5. The molecule has 23 heavy (non-hydrogen) atoms. The Morgan fingerprint density at radius 2 is 1.96 bits per heavy atom. The molecular weight excluding hydrogens is 308 g/mol. The average molecular weight is 320 g/mol. The predicted molar refractivity (Wildman–Crippen MR) is 80.6 cm³/mol. The van der Waals surface area contributed by atoms with E-state index in [1.807, 2.05) is 0 Å². The smallest absolute Gasteiger partial charge is 0.319 e. The first kappa shape index (κ1) is 15.9. The molecule has 0 fully saturated rings. The number of rotatable bonds is 5. The van der Waals surface area contributed by atoms with Crippen molar-refractivity contribution in [2.75, 3.05) is 24.3 Å². The predicted octanol–water partition coefficient (Wildman–Crippen LogP) is 1.54. The number of H-pyrrole nitrogens is 1. The van der Waals surface area contributed by atoms with Gasteiger partial charge < -0.3 is 10.2 Å². The molecule has 1 amide bonds. The van der Waals surface area contributed by atoms with Gasteiger partial charge in [0, 0.05) is 14.1 Å². The van der Waals surface area contributed by atoms with Crippen molar-refractivity contribution >= 4 is 28.7 Å². The largest absolute Gasteiger partial charge is 0.372 e. The lowest BCUT2D eigenvalue weighted by molar-refractivity contribution is -0.385. The van der Waals surface area contributed by atoms with Crippen molar-refractivity contribution in [2.45, 2.75) is 0 Å². The van der Waals surface area contributed by atoms with Gasteiger partial charge >= 0.3 is 11.4 Å². The number of nitro benzene ring substituents is 1. The first-order valence-corrected chi connectivity index (χ1v) is 6.27. The maximum atomic E-state index is 12.1. The lowest BCUT2D eigenvalue weighted by Crippen LogP contribution is -2.17. The van der Waals surface area contributed by atoms with Gasteiger partial charge in [-0.2, -0.15) is 5.10 Å². The summed E-state index contributed by atoms with van der Waals surface area (Å²) < 4.78 is 0. The topological polar surface area (TPSA) is 147 Å². The summed E-state index contributed by atoms with van der Waals surface area (Å²) in [6.07, 6.45) is 0.958. The summed E-state index contributed by atoms with van der Waals surface area (Å²) in [5, 5.41) is 30.1. The fourth-order valence-corrected chi connectivity index (χ4v) is 1.96. The van der Waals surface area contributed by atoms with Crippen LogP contribution in [0.15, 0.2) is 24.4 Å². The van der Waals surface area contributed by atoms with Crippen molar-refractivity contribution in [3.8, 4) is 0 Å². The van der Waals surface area contributed by atoms with E-state index in [0.29, 0.717) is 0 Å². The number of nitrogens with zero attached hydrogens (tertiary/aromatic N) is 4. The van der Waals surface area contributed by atoms with Crippen molar-refractivity contribution in [3.05, 3.63) is 50.3 Å². The Balaban J connectivity index is 2.42. The van der Waals surface area contributed by atoms with Crippen molar-refractivity contribution in [1.29, 1.82) is 0 Å². The van der Waals surface area contributed by atoms with E-state index in [1.54, 1.807) is 14.1 Å². The minimum atomic E-state index is -0.919. The molecule has 1 aromatic heterocycles. The zero-order valence-corrected chi connectivity index (χ0v) is 12.1. The van der Waals surface area contributed by atoms with Crippen LogP contribution in [0.3, 0.4) is 0 Å². The van der Waals surface area contributed by atoms with E-state index in [0.717, 1.165) is 6.20 Å². The third-order valence-corrected chi connectivity index (χ3v) is 2.96. The lowest BCUT2D eigenvalue weighted by atomic mass is 10.2. The summed E-state index contributed by atoms with van der Waals surface area (Å²) in [5.74, 6) is -0.919. The average Bonchev–Trinajstić information content (AvgIpc) is 2.96. The molecule has 1 heterocycles. The number of aromatic amines is 1. The minimum Gasteiger partial charge on any atom is -0.372 e. The SMILES string of the molecule is CN(C)c1cccc(NC(=O)c2n[nH]cc2[N+](=O)[O-])c1[N+](=O)[O-]. The van der Waals surface area contributed by atoms with E-state index < -0.39 is 27.1 Å². The Bertz CT molecular complexity index is 784. The fourth-order valence-electron chi connectivity index (χ4n) is 1.96. The Morgan fingerprint density at radius 1 is 1.26 bits per heavy atom. The maximum absolute atomic E-state index is 12.1. The summed E-state index contributed by atoms with van der Waals surface area (Å²) in [5.41, 5.74) is -1.09. The molecule has 0 radical (unpaired) electrons. The molecule has 0 aliphatic heterocycles. The van der Waals surface area contributed by atoms with E-state index in [-0.39, 0.29) is 17.1 Å². The van der Waals surface area contributed by atoms with Crippen LogP contribution in [0.4, 0.5) is 22.7 Å². The van der Waals surface area contributed by atoms with E-state index in [9.17, 15) is 25.0 Å². The van der Waals surface area contributed by atoms with E-state index in [2.05, 4.69) is 15.5 Å². The van der Waals surface area contributed by atoms with Gasteiger partial charge in [0.1, 0.15) is 17.6 Å². The fraction of sp³-hybridized carbons (Fsp3) is 0.167. The van der Waals surface area contributed by atoms with Crippen LogP contribution in [0.1, 0.15) is 10.5 Å². The number of carbonyl (C=O) groups is 1. The van der Waals surface area contributed by atoms with Crippen molar-refractivity contribution < 1.29 is 14.6 Å². The highest BCUT2D eigenvalue weighted by Gasteiger charge is 2.27. The van der Waals surface area contributed by atoms with Gasteiger partial charge in [0.2, 0.25) is 5.69 Å². The molecule has 0 saturated carbocycles. The monoisotopic (exact) mass is 320 g/mol. The van der Waals surface area contributed by atoms with Crippen molar-refractivity contribution in [3.63, 3.8) is 0 Å². The molecule has 0 unspecified atom stereocenters. The van der Waals surface area contributed by atoms with Gasteiger partial charge in [0.15, 0.2) is 0 Å². The molecule has 0 aliphatic carbocycles. The number of hydrogen-bond acceptors (Lipinski definition) is 7. The Morgan fingerprint density at radius 3 is 2.52 bits per heavy atom. The Kier molecular flexibility index (Phi) is 4.21. The van der Waals surface area contributed by atoms with Gasteiger partial charge in [-0.25, -0.2) is 0 Å². The molecule has 0 aliphatic rings. The van der Waals surface area contributed by atoms with Gasteiger partial charge in [-0.15, -0.1) is 0 Å². The highest BCUT2D eigenvalue weighted by Crippen LogP contribution is 2.34. The van der Waals surface area contributed by atoms with Crippen LogP contribution in [-0.2, 0) is 0 Å². The van der Waals surface area contributed by atoms with E-state index in [4.69, 9.17) is 0 Å². The second kappa shape index (κ2) is 6.09. The van der Waals surface area contributed by atoms with Gasteiger partial charge in [0.05, 0.1) is 9.85 Å². The van der Waals surface area contributed by atoms with Crippen LogP contribution >= 0.6 is 0 Å². The van der Waals surface area contributed by atoms with Gasteiger partial charge in [-0.05, 0) is 12.1 Å². The van der Waals surface area contributed by atoms with Gasteiger partial charge in [0.25, 0.3) is 5.91 Å². The number of para-hydroxylation sites is 1.